The molecule has 23 heavy (non-hydrogen) atoms. The van der Waals surface area contributed by atoms with Gasteiger partial charge in [0.05, 0.1) is 23.2 Å². The maximum absolute atomic E-state index is 12.3. The first-order chi connectivity index (χ1) is 10.9. The van der Waals surface area contributed by atoms with Crippen molar-refractivity contribution in [3.63, 3.8) is 0 Å². The SMILES string of the molecule is CC(C)(CO)NC(=O)c1ccc2c(c1)[nH]c(=O)n2C1CCCC1. The molecule has 0 atom stereocenters. The first-order valence-electron chi connectivity index (χ1n) is 8.09. The number of imidazole rings is 1. The Labute approximate surface area is 134 Å². The monoisotopic (exact) mass is 317 g/mol. The van der Waals surface area contributed by atoms with Crippen LogP contribution in [0.3, 0.4) is 0 Å². The number of aliphatic hydroxyl groups excluding tert-OH is 1. The van der Waals surface area contributed by atoms with Gasteiger partial charge in [0, 0.05) is 11.6 Å². The van der Waals surface area contributed by atoms with Gasteiger partial charge in [-0.15, -0.1) is 0 Å². The Kier molecular flexibility index (Phi) is 4.02. The van der Waals surface area contributed by atoms with Gasteiger partial charge in [0.2, 0.25) is 0 Å². The van der Waals surface area contributed by atoms with Crippen molar-refractivity contribution in [3.8, 4) is 0 Å². The summed E-state index contributed by atoms with van der Waals surface area (Å²) in [5.74, 6) is -0.264. The van der Waals surface area contributed by atoms with Crippen LogP contribution in [0.1, 0.15) is 55.9 Å². The summed E-state index contributed by atoms with van der Waals surface area (Å²) in [6.45, 7) is 3.36. The second-order valence-corrected chi connectivity index (χ2v) is 6.97. The van der Waals surface area contributed by atoms with Crippen LogP contribution in [0.5, 0.6) is 0 Å². The molecule has 1 aromatic heterocycles. The van der Waals surface area contributed by atoms with Crippen LogP contribution < -0.4 is 11.0 Å². The summed E-state index contributed by atoms with van der Waals surface area (Å²) in [6.07, 6.45) is 4.36. The van der Waals surface area contributed by atoms with Crippen molar-refractivity contribution in [1.29, 1.82) is 0 Å². The highest BCUT2D eigenvalue weighted by atomic mass is 16.3. The second kappa shape index (κ2) is 5.85. The lowest BCUT2D eigenvalue weighted by atomic mass is 10.1. The third-order valence-electron chi connectivity index (χ3n) is 4.52. The second-order valence-electron chi connectivity index (χ2n) is 6.97. The normalized spacial score (nSPS) is 16.1. The van der Waals surface area contributed by atoms with E-state index >= 15 is 0 Å². The van der Waals surface area contributed by atoms with Gasteiger partial charge in [-0.25, -0.2) is 4.79 Å². The molecule has 1 aliphatic carbocycles. The average molecular weight is 317 g/mol. The van der Waals surface area contributed by atoms with Gasteiger partial charge >= 0.3 is 5.69 Å². The molecule has 3 rings (SSSR count). The number of fused-ring (bicyclic) bond motifs is 1. The summed E-state index contributed by atoms with van der Waals surface area (Å²) < 4.78 is 1.82. The van der Waals surface area contributed by atoms with Crippen molar-refractivity contribution >= 4 is 16.9 Å². The van der Waals surface area contributed by atoms with E-state index in [0.717, 1.165) is 31.2 Å². The van der Waals surface area contributed by atoms with E-state index < -0.39 is 5.54 Å². The summed E-state index contributed by atoms with van der Waals surface area (Å²) in [5.41, 5.74) is 1.20. The molecular formula is C17H23N3O3. The van der Waals surface area contributed by atoms with Crippen molar-refractivity contribution in [2.24, 2.45) is 0 Å². The smallest absolute Gasteiger partial charge is 0.326 e. The quantitative estimate of drug-likeness (QED) is 0.805. The molecule has 3 N–H and O–H groups in total. The maximum atomic E-state index is 12.3. The van der Waals surface area contributed by atoms with Crippen molar-refractivity contribution < 1.29 is 9.90 Å². The number of hydrogen-bond donors (Lipinski definition) is 3. The van der Waals surface area contributed by atoms with Gasteiger partial charge in [-0.1, -0.05) is 12.8 Å². The van der Waals surface area contributed by atoms with E-state index in [1.54, 1.807) is 26.0 Å². The fourth-order valence-corrected chi connectivity index (χ4v) is 3.22. The fourth-order valence-electron chi connectivity index (χ4n) is 3.22. The van der Waals surface area contributed by atoms with Crippen molar-refractivity contribution in [1.82, 2.24) is 14.9 Å². The summed E-state index contributed by atoms with van der Waals surface area (Å²) in [7, 11) is 0. The minimum absolute atomic E-state index is 0.111. The van der Waals surface area contributed by atoms with Gasteiger partial charge in [-0.2, -0.15) is 0 Å². The van der Waals surface area contributed by atoms with E-state index in [2.05, 4.69) is 10.3 Å². The number of aromatic amines is 1. The summed E-state index contributed by atoms with van der Waals surface area (Å²) in [6, 6.07) is 5.51. The highest BCUT2D eigenvalue weighted by Gasteiger charge is 2.23. The molecule has 0 unspecified atom stereocenters. The number of nitrogens with zero attached hydrogens (tertiary/aromatic N) is 1. The summed E-state index contributed by atoms with van der Waals surface area (Å²) in [5, 5.41) is 12.0. The van der Waals surface area contributed by atoms with Crippen molar-refractivity contribution in [2.45, 2.75) is 51.1 Å². The van der Waals surface area contributed by atoms with Crippen LogP contribution in [0.2, 0.25) is 0 Å². The van der Waals surface area contributed by atoms with E-state index in [1.807, 2.05) is 10.6 Å². The third kappa shape index (κ3) is 3.03. The highest BCUT2D eigenvalue weighted by molar-refractivity contribution is 5.97. The van der Waals surface area contributed by atoms with E-state index in [9.17, 15) is 14.7 Å². The van der Waals surface area contributed by atoms with Crippen molar-refractivity contribution in [3.05, 3.63) is 34.2 Å². The largest absolute Gasteiger partial charge is 0.394 e. The maximum Gasteiger partial charge on any atom is 0.326 e. The minimum atomic E-state index is -0.685. The Bertz CT molecular complexity index is 782. The number of carbonyl (C=O) groups excluding carboxylic acids is 1. The Morgan fingerprint density at radius 3 is 2.74 bits per heavy atom. The predicted molar refractivity (Wildman–Crippen MR) is 88.7 cm³/mol. The van der Waals surface area contributed by atoms with Crippen molar-refractivity contribution in [2.75, 3.05) is 6.61 Å². The molecule has 0 spiro atoms. The molecule has 1 amide bonds. The van der Waals surface area contributed by atoms with Gasteiger partial charge in [0.1, 0.15) is 0 Å². The lowest BCUT2D eigenvalue weighted by molar-refractivity contribution is 0.0869. The molecule has 0 aliphatic heterocycles. The van der Waals surface area contributed by atoms with E-state index in [-0.39, 0.29) is 24.2 Å². The third-order valence-corrected chi connectivity index (χ3v) is 4.52. The molecule has 6 nitrogen and oxygen atoms in total. The molecule has 1 aromatic carbocycles. The zero-order chi connectivity index (χ0) is 16.6. The van der Waals surface area contributed by atoms with E-state index in [0.29, 0.717) is 11.1 Å². The Morgan fingerprint density at radius 1 is 1.39 bits per heavy atom. The molecule has 1 fully saturated rings. The Balaban J connectivity index is 1.94. The average Bonchev–Trinajstić information content (AvgIpc) is 3.12. The van der Waals surface area contributed by atoms with Gasteiger partial charge < -0.3 is 15.4 Å². The fraction of sp³-hybridized carbons (Fsp3) is 0.529. The van der Waals surface area contributed by atoms with Crippen LogP contribution in [0.4, 0.5) is 0 Å². The topological polar surface area (TPSA) is 87.1 Å². The van der Waals surface area contributed by atoms with E-state index in [4.69, 9.17) is 0 Å². The lowest BCUT2D eigenvalue weighted by Crippen LogP contribution is -2.46. The standard InChI is InChI=1S/C17H23N3O3/c1-17(2,10-21)19-15(22)11-7-8-14-13(9-11)18-16(23)20(14)12-5-3-4-6-12/h7-9,12,21H,3-6,10H2,1-2H3,(H,18,23)(H,19,22). The number of carbonyl (C=O) groups is 1. The number of H-pyrrole nitrogens is 1. The number of hydrogen-bond acceptors (Lipinski definition) is 3. The minimum Gasteiger partial charge on any atom is -0.394 e. The van der Waals surface area contributed by atoms with Crippen LogP contribution in [-0.4, -0.2) is 32.7 Å². The molecule has 1 saturated carbocycles. The Morgan fingerprint density at radius 2 is 2.09 bits per heavy atom. The van der Waals surface area contributed by atoms with Crippen LogP contribution in [0, 0.1) is 0 Å². The highest BCUT2D eigenvalue weighted by Crippen LogP contribution is 2.30. The molecule has 6 heteroatoms. The van der Waals surface area contributed by atoms with Crippen LogP contribution >= 0.6 is 0 Å². The van der Waals surface area contributed by atoms with Gasteiger partial charge in [0.25, 0.3) is 5.91 Å². The summed E-state index contributed by atoms with van der Waals surface area (Å²) in [4.78, 5) is 27.4. The first-order valence-corrected chi connectivity index (χ1v) is 8.09. The zero-order valence-corrected chi connectivity index (χ0v) is 13.6. The van der Waals surface area contributed by atoms with Gasteiger partial charge in [-0.3, -0.25) is 9.36 Å². The number of aromatic nitrogens is 2. The first kappa shape index (κ1) is 15.8. The number of benzene rings is 1. The Hall–Kier alpha value is -2.08. The van der Waals surface area contributed by atoms with Gasteiger partial charge in [0.15, 0.2) is 0 Å². The van der Waals surface area contributed by atoms with E-state index in [1.165, 1.54) is 0 Å². The van der Waals surface area contributed by atoms with Gasteiger partial charge in [-0.05, 0) is 44.9 Å². The van der Waals surface area contributed by atoms with Crippen LogP contribution in [0.25, 0.3) is 11.0 Å². The molecule has 1 aliphatic rings. The molecule has 0 bridgehead atoms. The lowest BCUT2D eigenvalue weighted by Gasteiger charge is -2.23. The van der Waals surface area contributed by atoms with Crippen LogP contribution in [-0.2, 0) is 0 Å². The number of amides is 1. The number of aliphatic hydroxyl groups is 1. The van der Waals surface area contributed by atoms with Crippen LogP contribution in [0.15, 0.2) is 23.0 Å². The molecule has 0 saturated heterocycles. The molecule has 2 aromatic rings. The molecular weight excluding hydrogens is 294 g/mol. The number of rotatable bonds is 4. The predicted octanol–water partition coefficient (Wildman–Crippen LogP) is 1.95. The molecule has 1 heterocycles. The number of nitrogens with one attached hydrogen (secondary N) is 2. The zero-order valence-electron chi connectivity index (χ0n) is 13.6. The molecule has 0 radical (unpaired) electrons. The molecule has 124 valence electrons. The summed E-state index contributed by atoms with van der Waals surface area (Å²) >= 11 is 0.